The van der Waals surface area contributed by atoms with Gasteiger partial charge in [-0.15, -0.1) is 0 Å². The molecule has 2 aromatic carbocycles. The van der Waals surface area contributed by atoms with Gasteiger partial charge in [0.15, 0.2) is 6.61 Å². The van der Waals surface area contributed by atoms with Crippen molar-refractivity contribution >= 4 is 33.3 Å². The third-order valence-corrected chi connectivity index (χ3v) is 7.51. The topological polar surface area (TPSA) is 136 Å². The molecule has 1 saturated heterocycles. The Morgan fingerprint density at radius 2 is 1.82 bits per heavy atom. The number of aryl methyl sites for hydroxylation is 1. The summed E-state index contributed by atoms with van der Waals surface area (Å²) < 4.78 is 32.5. The van der Waals surface area contributed by atoms with Crippen LogP contribution in [-0.4, -0.2) is 49.2 Å². The Hall–Kier alpha value is -3.31. The van der Waals surface area contributed by atoms with Gasteiger partial charge in [0.2, 0.25) is 10.0 Å². The van der Waals surface area contributed by atoms with Gasteiger partial charge < -0.3 is 10.1 Å². The smallest absolute Gasteiger partial charge is 0.338 e. The molecule has 1 aliphatic rings. The summed E-state index contributed by atoms with van der Waals surface area (Å²) in [4.78, 5) is 35.2. The molecule has 0 atom stereocenters. The average molecular weight is 476 g/mol. The van der Waals surface area contributed by atoms with Gasteiger partial charge in [0.1, 0.15) is 0 Å². The zero-order chi connectivity index (χ0) is 24.2. The van der Waals surface area contributed by atoms with Crippen LogP contribution in [0, 0.1) is 24.0 Å². The number of nitrogens with one attached hydrogen (secondary N) is 1. The van der Waals surface area contributed by atoms with Crippen molar-refractivity contribution in [3.63, 3.8) is 0 Å². The van der Waals surface area contributed by atoms with Crippen molar-refractivity contribution in [3.8, 4) is 0 Å². The van der Waals surface area contributed by atoms with E-state index in [1.807, 2.05) is 0 Å². The fourth-order valence-electron chi connectivity index (χ4n) is 3.61. The van der Waals surface area contributed by atoms with Crippen LogP contribution in [0.1, 0.15) is 40.7 Å². The summed E-state index contributed by atoms with van der Waals surface area (Å²) in [5.74, 6) is -1.53. The maximum atomic E-state index is 13.0. The van der Waals surface area contributed by atoms with Crippen LogP contribution in [0.4, 0.5) is 11.4 Å². The Bertz CT molecular complexity index is 1190. The molecule has 10 nitrogen and oxygen atoms in total. The van der Waals surface area contributed by atoms with E-state index in [9.17, 15) is 28.1 Å². The van der Waals surface area contributed by atoms with Crippen LogP contribution in [0.3, 0.4) is 0 Å². The second-order valence-electron chi connectivity index (χ2n) is 7.78. The Balaban J connectivity index is 1.69. The van der Waals surface area contributed by atoms with E-state index < -0.39 is 33.4 Å². The number of esters is 1. The number of carbonyl (C=O) groups excluding carboxylic acids is 2. The number of sulfonamides is 1. The first-order valence-electron chi connectivity index (χ1n) is 10.4. The minimum absolute atomic E-state index is 0.00974. The van der Waals surface area contributed by atoms with Crippen molar-refractivity contribution in [1.82, 2.24) is 4.31 Å². The molecule has 0 aromatic heterocycles. The van der Waals surface area contributed by atoms with Gasteiger partial charge in [-0.05, 0) is 50.5 Å². The molecule has 0 saturated carbocycles. The van der Waals surface area contributed by atoms with Crippen molar-refractivity contribution < 1.29 is 27.7 Å². The second kappa shape index (κ2) is 10.1. The number of hydrogen-bond acceptors (Lipinski definition) is 7. The summed E-state index contributed by atoms with van der Waals surface area (Å²) in [7, 11) is -3.75. The molecule has 0 unspecified atom stereocenters. The molecule has 11 heteroatoms. The van der Waals surface area contributed by atoms with Crippen LogP contribution in [0.15, 0.2) is 41.3 Å². The molecule has 33 heavy (non-hydrogen) atoms. The van der Waals surface area contributed by atoms with Crippen molar-refractivity contribution in [1.29, 1.82) is 0 Å². The number of carbonyl (C=O) groups is 2. The highest BCUT2D eigenvalue weighted by Gasteiger charge is 2.28. The van der Waals surface area contributed by atoms with E-state index in [1.54, 1.807) is 6.92 Å². The summed E-state index contributed by atoms with van der Waals surface area (Å²) in [6.45, 7) is 3.39. The van der Waals surface area contributed by atoms with E-state index in [2.05, 4.69) is 5.32 Å². The third kappa shape index (κ3) is 5.55. The lowest BCUT2D eigenvalue weighted by atomic mass is 10.1. The van der Waals surface area contributed by atoms with Crippen LogP contribution in [-0.2, 0) is 19.6 Å². The molecule has 1 amide bonds. The Morgan fingerprint density at radius 1 is 1.12 bits per heavy atom. The number of hydrogen-bond donors (Lipinski definition) is 1. The number of nitro benzene ring substituents is 1. The number of rotatable bonds is 7. The van der Waals surface area contributed by atoms with E-state index >= 15 is 0 Å². The fourth-order valence-corrected chi connectivity index (χ4v) is 5.37. The summed E-state index contributed by atoms with van der Waals surface area (Å²) >= 11 is 0. The molecule has 0 aliphatic carbocycles. The molecule has 0 bridgehead atoms. The number of anilines is 1. The van der Waals surface area contributed by atoms with E-state index in [0.717, 1.165) is 19.3 Å². The monoisotopic (exact) mass is 475 g/mol. The maximum Gasteiger partial charge on any atom is 0.338 e. The van der Waals surface area contributed by atoms with Gasteiger partial charge in [-0.25, -0.2) is 13.2 Å². The highest BCUT2D eigenvalue weighted by molar-refractivity contribution is 7.89. The Labute approximate surface area is 191 Å². The number of nitrogens with zero attached hydrogens (tertiary/aromatic N) is 2. The molecule has 0 radical (unpaired) electrons. The first kappa shape index (κ1) is 24.3. The van der Waals surface area contributed by atoms with Crippen molar-refractivity contribution in [2.45, 2.75) is 38.0 Å². The third-order valence-electron chi connectivity index (χ3n) is 5.47. The highest BCUT2D eigenvalue weighted by Crippen LogP contribution is 2.26. The number of benzene rings is 2. The van der Waals surface area contributed by atoms with Gasteiger partial charge in [0, 0.05) is 19.2 Å². The first-order valence-corrected chi connectivity index (χ1v) is 11.9. The summed E-state index contributed by atoms with van der Waals surface area (Å²) in [6, 6.07) is 8.49. The molecule has 1 N–H and O–H groups in total. The lowest BCUT2D eigenvalue weighted by molar-refractivity contribution is -0.385. The molecule has 1 fully saturated rings. The van der Waals surface area contributed by atoms with E-state index in [4.69, 9.17) is 4.74 Å². The number of ether oxygens (including phenoxy) is 1. The van der Waals surface area contributed by atoms with Gasteiger partial charge in [-0.2, -0.15) is 4.31 Å². The van der Waals surface area contributed by atoms with Crippen molar-refractivity contribution in [3.05, 3.63) is 63.2 Å². The fraction of sp³-hybridized carbons (Fsp3) is 0.364. The van der Waals surface area contributed by atoms with Crippen LogP contribution in [0.5, 0.6) is 0 Å². The summed E-state index contributed by atoms with van der Waals surface area (Å²) in [5.41, 5.74) is 0.877. The Kier molecular flexibility index (Phi) is 7.44. The standard InChI is InChI=1S/C22H25N3O7S/c1-15-9-10-17(13-20(15)33(30,31)24-11-4-3-5-12-24)22(27)32-14-21(26)23-18-7-6-8-19(16(18)2)25(28)29/h6-10,13H,3-5,11-12,14H2,1-2H3,(H,23,26). The number of nitro groups is 1. The largest absolute Gasteiger partial charge is 0.452 e. The minimum atomic E-state index is -3.75. The number of amides is 1. The predicted octanol–water partition coefficient (Wildman–Crippen LogP) is 3.18. The van der Waals surface area contributed by atoms with E-state index in [-0.39, 0.29) is 27.4 Å². The zero-order valence-corrected chi connectivity index (χ0v) is 19.2. The molecular formula is C22H25N3O7S. The van der Waals surface area contributed by atoms with Crippen LogP contribution < -0.4 is 5.32 Å². The number of piperidine rings is 1. The van der Waals surface area contributed by atoms with E-state index in [1.165, 1.54) is 47.6 Å². The summed E-state index contributed by atoms with van der Waals surface area (Å²) in [6.07, 6.45) is 2.56. The molecule has 0 spiro atoms. The lowest BCUT2D eigenvalue weighted by Gasteiger charge is -2.26. The van der Waals surface area contributed by atoms with Gasteiger partial charge in [0.05, 0.1) is 26.6 Å². The highest BCUT2D eigenvalue weighted by atomic mass is 32.2. The van der Waals surface area contributed by atoms with Crippen molar-refractivity contribution in [2.75, 3.05) is 25.0 Å². The normalized spacial score (nSPS) is 14.5. The van der Waals surface area contributed by atoms with Crippen molar-refractivity contribution in [2.24, 2.45) is 0 Å². The van der Waals surface area contributed by atoms with Crippen LogP contribution in [0.25, 0.3) is 0 Å². The molecule has 176 valence electrons. The Morgan fingerprint density at radius 3 is 2.48 bits per heavy atom. The molecular weight excluding hydrogens is 450 g/mol. The molecule has 1 heterocycles. The van der Waals surface area contributed by atoms with Gasteiger partial charge in [-0.3, -0.25) is 14.9 Å². The van der Waals surface area contributed by atoms with E-state index in [0.29, 0.717) is 18.7 Å². The molecule has 2 aromatic rings. The predicted molar refractivity (Wildman–Crippen MR) is 121 cm³/mol. The van der Waals surface area contributed by atoms with Gasteiger partial charge in [-0.1, -0.05) is 18.6 Å². The van der Waals surface area contributed by atoms with Crippen LogP contribution in [0.2, 0.25) is 0 Å². The lowest BCUT2D eigenvalue weighted by Crippen LogP contribution is -2.36. The average Bonchev–Trinajstić information content (AvgIpc) is 2.79. The maximum absolute atomic E-state index is 13.0. The van der Waals surface area contributed by atoms with Gasteiger partial charge >= 0.3 is 5.97 Å². The SMILES string of the molecule is Cc1ccc(C(=O)OCC(=O)Nc2cccc([N+](=O)[O-])c2C)cc1S(=O)(=O)N1CCCCC1. The summed E-state index contributed by atoms with van der Waals surface area (Å²) in [5, 5.41) is 13.5. The quantitative estimate of drug-likeness (QED) is 0.369. The molecule has 3 rings (SSSR count). The minimum Gasteiger partial charge on any atom is -0.452 e. The van der Waals surface area contributed by atoms with Gasteiger partial charge in [0.25, 0.3) is 11.6 Å². The second-order valence-corrected chi connectivity index (χ2v) is 9.68. The first-order chi connectivity index (χ1) is 15.6. The van der Waals surface area contributed by atoms with Crippen LogP contribution >= 0.6 is 0 Å². The molecule has 1 aliphatic heterocycles. The zero-order valence-electron chi connectivity index (χ0n) is 18.4.